The molecule has 0 bridgehead atoms. The highest BCUT2D eigenvalue weighted by Crippen LogP contribution is 2.30. The van der Waals surface area contributed by atoms with Crippen molar-refractivity contribution < 1.29 is 19.1 Å². The number of nitrogens with zero attached hydrogens (tertiary/aromatic N) is 2. The number of benzene rings is 1. The lowest BCUT2D eigenvalue weighted by Crippen LogP contribution is -2.43. The van der Waals surface area contributed by atoms with E-state index in [0.717, 1.165) is 37.2 Å². The lowest BCUT2D eigenvalue weighted by molar-refractivity contribution is -0.136. The zero-order valence-corrected chi connectivity index (χ0v) is 15.6. The molecule has 0 saturated carbocycles. The molecule has 0 spiro atoms. The van der Waals surface area contributed by atoms with Crippen LogP contribution in [0.1, 0.15) is 18.9 Å². The van der Waals surface area contributed by atoms with Gasteiger partial charge in [0, 0.05) is 51.0 Å². The summed E-state index contributed by atoms with van der Waals surface area (Å²) in [7, 11) is 0. The van der Waals surface area contributed by atoms with E-state index in [9.17, 15) is 14.4 Å². The SMILES string of the molecule is CC(=O)N1CCCc2ccc(NC(=O)C(=O)NCCN3CCOCC3)cc21. The monoisotopic (exact) mass is 374 g/mol. The summed E-state index contributed by atoms with van der Waals surface area (Å²) in [5.41, 5.74) is 2.39. The summed E-state index contributed by atoms with van der Waals surface area (Å²) in [6.45, 7) is 6.37. The van der Waals surface area contributed by atoms with Crippen LogP contribution >= 0.6 is 0 Å². The number of nitrogens with one attached hydrogen (secondary N) is 2. The number of rotatable bonds is 4. The summed E-state index contributed by atoms with van der Waals surface area (Å²) >= 11 is 0. The fourth-order valence-electron chi connectivity index (χ4n) is 3.40. The van der Waals surface area contributed by atoms with E-state index >= 15 is 0 Å². The van der Waals surface area contributed by atoms with Crippen LogP contribution in [0.25, 0.3) is 0 Å². The Labute approximate surface area is 158 Å². The normalized spacial score (nSPS) is 17.1. The molecule has 1 aromatic rings. The lowest BCUT2D eigenvalue weighted by atomic mass is 10.0. The molecule has 146 valence electrons. The maximum atomic E-state index is 12.1. The van der Waals surface area contributed by atoms with Crippen LogP contribution < -0.4 is 15.5 Å². The molecule has 0 radical (unpaired) electrons. The van der Waals surface area contributed by atoms with Gasteiger partial charge in [0.2, 0.25) is 5.91 Å². The number of anilines is 2. The average molecular weight is 374 g/mol. The molecule has 27 heavy (non-hydrogen) atoms. The molecule has 8 heteroatoms. The Kier molecular flexibility index (Phi) is 6.41. The van der Waals surface area contributed by atoms with Crippen molar-refractivity contribution in [3.05, 3.63) is 23.8 Å². The minimum Gasteiger partial charge on any atom is -0.379 e. The van der Waals surface area contributed by atoms with E-state index in [2.05, 4.69) is 15.5 Å². The van der Waals surface area contributed by atoms with Crippen LogP contribution in [-0.4, -0.2) is 68.6 Å². The third kappa shape index (κ3) is 5.05. The van der Waals surface area contributed by atoms with E-state index < -0.39 is 11.8 Å². The van der Waals surface area contributed by atoms with Crippen molar-refractivity contribution in [1.82, 2.24) is 10.2 Å². The van der Waals surface area contributed by atoms with Gasteiger partial charge >= 0.3 is 11.8 Å². The van der Waals surface area contributed by atoms with Crippen LogP contribution in [0.2, 0.25) is 0 Å². The number of fused-ring (bicyclic) bond motifs is 1. The first-order valence-corrected chi connectivity index (χ1v) is 9.35. The maximum absolute atomic E-state index is 12.1. The molecule has 1 aromatic carbocycles. The van der Waals surface area contributed by atoms with Crippen molar-refractivity contribution in [3.63, 3.8) is 0 Å². The molecule has 2 N–H and O–H groups in total. The summed E-state index contributed by atoms with van der Waals surface area (Å²) in [5, 5.41) is 5.26. The molecule has 1 saturated heterocycles. The van der Waals surface area contributed by atoms with Crippen LogP contribution in [0, 0.1) is 0 Å². The quantitative estimate of drug-likeness (QED) is 0.744. The largest absolute Gasteiger partial charge is 0.379 e. The summed E-state index contributed by atoms with van der Waals surface area (Å²) in [6.07, 6.45) is 1.82. The third-order valence-corrected chi connectivity index (χ3v) is 4.87. The molecular formula is C19H26N4O4. The molecule has 0 unspecified atom stereocenters. The molecule has 3 amide bonds. The smallest absolute Gasteiger partial charge is 0.313 e. The minimum absolute atomic E-state index is 0.0275. The highest BCUT2D eigenvalue weighted by molar-refractivity contribution is 6.39. The first-order valence-electron chi connectivity index (χ1n) is 9.35. The van der Waals surface area contributed by atoms with Gasteiger partial charge in [-0.2, -0.15) is 0 Å². The molecule has 8 nitrogen and oxygen atoms in total. The van der Waals surface area contributed by atoms with Gasteiger partial charge in [-0.1, -0.05) is 6.07 Å². The summed E-state index contributed by atoms with van der Waals surface area (Å²) in [5.74, 6) is -1.40. The van der Waals surface area contributed by atoms with E-state index in [1.165, 1.54) is 6.92 Å². The van der Waals surface area contributed by atoms with Gasteiger partial charge in [0.15, 0.2) is 0 Å². The zero-order valence-electron chi connectivity index (χ0n) is 15.6. The Bertz CT molecular complexity index is 716. The first-order chi connectivity index (χ1) is 13.0. The molecule has 0 aromatic heterocycles. The Hall–Kier alpha value is -2.45. The van der Waals surface area contributed by atoms with Gasteiger partial charge in [0.1, 0.15) is 0 Å². The van der Waals surface area contributed by atoms with Gasteiger partial charge < -0.3 is 20.3 Å². The van der Waals surface area contributed by atoms with Crippen molar-refractivity contribution in [1.29, 1.82) is 0 Å². The Morgan fingerprint density at radius 2 is 1.89 bits per heavy atom. The van der Waals surface area contributed by atoms with E-state index in [-0.39, 0.29) is 5.91 Å². The second-order valence-corrected chi connectivity index (χ2v) is 6.78. The number of carbonyl (C=O) groups is 3. The van der Waals surface area contributed by atoms with Gasteiger partial charge in [-0.25, -0.2) is 0 Å². The maximum Gasteiger partial charge on any atom is 0.313 e. The third-order valence-electron chi connectivity index (χ3n) is 4.87. The minimum atomic E-state index is -0.706. The van der Waals surface area contributed by atoms with Crippen LogP contribution in [0.3, 0.4) is 0 Å². The van der Waals surface area contributed by atoms with Gasteiger partial charge in [-0.3, -0.25) is 19.3 Å². The van der Waals surface area contributed by atoms with Crippen molar-refractivity contribution in [2.75, 3.05) is 56.2 Å². The zero-order chi connectivity index (χ0) is 19.2. The van der Waals surface area contributed by atoms with E-state index in [1.807, 2.05) is 6.07 Å². The molecular weight excluding hydrogens is 348 g/mol. The van der Waals surface area contributed by atoms with E-state index in [1.54, 1.807) is 17.0 Å². The van der Waals surface area contributed by atoms with Crippen LogP contribution in [0.4, 0.5) is 11.4 Å². The van der Waals surface area contributed by atoms with E-state index in [0.29, 0.717) is 38.5 Å². The van der Waals surface area contributed by atoms with Crippen molar-refractivity contribution in [2.45, 2.75) is 19.8 Å². The molecule has 0 atom stereocenters. The molecule has 2 heterocycles. The lowest BCUT2D eigenvalue weighted by Gasteiger charge is -2.29. The molecule has 3 rings (SSSR count). The summed E-state index contributed by atoms with van der Waals surface area (Å²) < 4.78 is 5.28. The number of aryl methyl sites for hydroxylation is 1. The molecule has 0 aliphatic carbocycles. The number of amides is 3. The van der Waals surface area contributed by atoms with E-state index in [4.69, 9.17) is 4.74 Å². The van der Waals surface area contributed by atoms with Gasteiger partial charge in [0.25, 0.3) is 0 Å². The van der Waals surface area contributed by atoms with Crippen molar-refractivity contribution in [3.8, 4) is 0 Å². The second-order valence-electron chi connectivity index (χ2n) is 6.78. The molecule has 2 aliphatic rings. The number of carbonyl (C=O) groups excluding carboxylic acids is 3. The highest BCUT2D eigenvalue weighted by Gasteiger charge is 2.21. The standard InChI is InChI=1S/C19H26N4O4/c1-14(24)23-7-2-3-15-4-5-16(13-17(15)23)21-19(26)18(25)20-6-8-22-9-11-27-12-10-22/h4-5,13H,2-3,6-12H2,1H3,(H,20,25)(H,21,26). The Balaban J connectivity index is 1.53. The van der Waals surface area contributed by atoms with Gasteiger partial charge in [0.05, 0.1) is 13.2 Å². The fourth-order valence-corrected chi connectivity index (χ4v) is 3.40. The highest BCUT2D eigenvalue weighted by atomic mass is 16.5. The Morgan fingerprint density at radius 1 is 1.11 bits per heavy atom. The fraction of sp³-hybridized carbons (Fsp3) is 0.526. The predicted molar refractivity (Wildman–Crippen MR) is 102 cm³/mol. The van der Waals surface area contributed by atoms with Gasteiger partial charge in [-0.15, -0.1) is 0 Å². The molecule has 1 fully saturated rings. The van der Waals surface area contributed by atoms with Crippen LogP contribution in [0.5, 0.6) is 0 Å². The number of hydrogen-bond acceptors (Lipinski definition) is 5. The van der Waals surface area contributed by atoms with Crippen LogP contribution in [-0.2, 0) is 25.5 Å². The Morgan fingerprint density at radius 3 is 2.63 bits per heavy atom. The molecule has 2 aliphatic heterocycles. The van der Waals surface area contributed by atoms with Crippen molar-refractivity contribution >= 4 is 29.1 Å². The number of hydrogen-bond donors (Lipinski definition) is 2. The second kappa shape index (κ2) is 8.96. The number of ether oxygens (including phenoxy) is 1. The first kappa shape index (κ1) is 19.3. The van der Waals surface area contributed by atoms with Crippen LogP contribution in [0.15, 0.2) is 18.2 Å². The topological polar surface area (TPSA) is 91.0 Å². The van der Waals surface area contributed by atoms with Gasteiger partial charge in [-0.05, 0) is 30.5 Å². The summed E-state index contributed by atoms with van der Waals surface area (Å²) in [4.78, 5) is 39.9. The van der Waals surface area contributed by atoms with Crippen molar-refractivity contribution in [2.24, 2.45) is 0 Å². The number of morpholine rings is 1. The average Bonchev–Trinajstić information content (AvgIpc) is 2.68. The summed E-state index contributed by atoms with van der Waals surface area (Å²) in [6, 6.07) is 5.42. The predicted octanol–water partition coefficient (Wildman–Crippen LogP) is 0.373.